The molecule has 7 nitrogen and oxygen atoms in total. The van der Waals surface area contributed by atoms with Gasteiger partial charge in [-0.2, -0.15) is 5.10 Å². The summed E-state index contributed by atoms with van der Waals surface area (Å²) in [5, 5.41) is 7.37. The number of aromatic nitrogens is 2. The molecular weight excluding hydrogens is 474 g/mol. The number of rotatable bonds is 6. The number of carbonyl (C=O) groups is 2. The predicted octanol–water partition coefficient (Wildman–Crippen LogP) is 4.50. The fraction of sp³-hybridized carbons (Fsp3) is 0.292. The van der Waals surface area contributed by atoms with Crippen molar-refractivity contribution >= 4 is 33.5 Å². The van der Waals surface area contributed by atoms with Crippen LogP contribution in [0.25, 0.3) is 5.69 Å². The molecule has 4 rings (SSSR count). The summed E-state index contributed by atoms with van der Waals surface area (Å²) in [6, 6.07) is 16.9. The van der Waals surface area contributed by atoms with Gasteiger partial charge in [-0.25, -0.2) is 9.48 Å². The Bertz CT molecular complexity index is 1100. The van der Waals surface area contributed by atoms with Gasteiger partial charge in [0.1, 0.15) is 0 Å². The first-order valence-corrected chi connectivity index (χ1v) is 11.3. The van der Waals surface area contributed by atoms with E-state index in [1.165, 1.54) is 0 Å². The van der Waals surface area contributed by atoms with Crippen molar-refractivity contribution < 1.29 is 19.1 Å². The normalized spacial score (nSPS) is 15.2. The lowest BCUT2D eigenvalue weighted by Gasteiger charge is -2.36. The van der Waals surface area contributed by atoms with Gasteiger partial charge in [-0.3, -0.25) is 4.79 Å². The van der Waals surface area contributed by atoms with Crippen LogP contribution in [-0.4, -0.2) is 41.5 Å². The highest BCUT2D eigenvalue weighted by atomic mass is 79.9. The summed E-state index contributed by atoms with van der Waals surface area (Å²) < 4.78 is 13.1. The lowest BCUT2D eigenvalue weighted by Crippen LogP contribution is -2.44. The van der Waals surface area contributed by atoms with Gasteiger partial charge in [0, 0.05) is 29.6 Å². The summed E-state index contributed by atoms with van der Waals surface area (Å²) in [6.07, 6.45) is 2.92. The molecule has 0 unspecified atom stereocenters. The third-order valence-corrected chi connectivity index (χ3v) is 6.15. The van der Waals surface area contributed by atoms with Gasteiger partial charge in [0.05, 0.1) is 17.7 Å². The number of esters is 1. The van der Waals surface area contributed by atoms with Gasteiger partial charge < -0.3 is 14.8 Å². The van der Waals surface area contributed by atoms with Crippen LogP contribution in [0.2, 0.25) is 0 Å². The van der Waals surface area contributed by atoms with Gasteiger partial charge in [0.25, 0.3) is 0 Å². The fourth-order valence-corrected chi connectivity index (χ4v) is 4.16. The van der Waals surface area contributed by atoms with Crippen LogP contribution in [0.15, 0.2) is 65.3 Å². The van der Waals surface area contributed by atoms with Crippen LogP contribution in [0.3, 0.4) is 0 Å². The van der Waals surface area contributed by atoms with Gasteiger partial charge >= 0.3 is 5.97 Å². The SMILES string of the molecule is CCOC(=O)c1ccn(-c2cccc(NC(=O)C3(c4ccc(Br)cc4)CCOCC3)c2)n1. The van der Waals surface area contributed by atoms with Crippen molar-refractivity contribution in [3.8, 4) is 5.69 Å². The standard InChI is InChI=1S/C24H24BrN3O4/c1-2-32-22(29)21-10-13-28(27-21)20-5-3-4-19(16-20)26-23(30)24(11-14-31-15-12-24)17-6-8-18(25)9-7-17/h3-10,13,16H,2,11-12,14-15H2,1H3,(H,26,30). The number of hydrogen-bond acceptors (Lipinski definition) is 5. The number of amides is 1. The molecular formula is C24H24BrN3O4. The van der Waals surface area contributed by atoms with Crippen LogP contribution < -0.4 is 5.32 Å². The van der Waals surface area contributed by atoms with Gasteiger partial charge in [-0.05, 0) is 61.7 Å². The van der Waals surface area contributed by atoms with E-state index in [0.717, 1.165) is 15.7 Å². The number of carbonyl (C=O) groups excluding carboxylic acids is 2. The zero-order valence-corrected chi connectivity index (χ0v) is 19.3. The number of ether oxygens (including phenoxy) is 2. The van der Waals surface area contributed by atoms with E-state index >= 15 is 0 Å². The average molecular weight is 498 g/mol. The van der Waals surface area contributed by atoms with Crippen molar-refractivity contribution in [2.45, 2.75) is 25.2 Å². The maximum atomic E-state index is 13.5. The van der Waals surface area contributed by atoms with Crippen LogP contribution in [0.4, 0.5) is 5.69 Å². The Kier molecular flexibility index (Phi) is 6.72. The Hall–Kier alpha value is -2.97. The Morgan fingerprint density at radius 1 is 1.16 bits per heavy atom. The molecule has 2 heterocycles. The largest absolute Gasteiger partial charge is 0.461 e. The van der Waals surface area contributed by atoms with Crippen molar-refractivity contribution in [2.24, 2.45) is 0 Å². The van der Waals surface area contributed by atoms with Gasteiger partial charge in [-0.15, -0.1) is 0 Å². The van der Waals surface area contributed by atoms with Gasteiger partial charge in [0.15, 0.2) is 5.69 Å². The Balaban J connectivity index is 1.57. The van der Waals surface area contributed by atoms with Crippen LogP contribution in [-0.2, 0) is 19.7 Å². The van der Waals surface area contributed by atoms with Gasteiger partial charge in [0.2, 0.25) is 5.91 Å². The highest BCUT2D eigenvalue weighted by Gasteiger charge is 2.41. The molecule has 1 aliphatic heterocycles. The number of anilines is 1. The smallest absolute Gasteiger partial charge is 0.358 e. The molecule has 1 aromatic heterocycles. The molecule has 0 saturated carbocycles. The van der Waals surface area contributed by atoms with E-state index in [4.69, 9.17) is 9.47 Å². The average Bonchev–Trinajstić information content (AvgIpc) is 3.31. The third kappa shape index (κ3) is 4.61. The molecule has 8 heteroatoms. The lowest BCUT2D eigenvalue weighted by atomic mass is 9.73. The topological polar surface area (TPSA) is 82.5 Å². The molecule has 2 aromatic carbocycles. The van der Waals surface area contributed by atoms with Crippen LogP contribution in [0.1, 0.15) is 35.8 Å². The minimum absolute atomic E-state index is 0.0621. The van der Waals surface area contributed by atoms with Crippen molar-refractivity contribution in [3.05, 3.63) is 76.5 Å². The monoisotopic (exact) mass is 497 g/mol. The molecule has 0 bridgehead atoms. The van der Waals surface area contributed by atoms with E-state index in [1.807, 2.05) is 48.5 Å². The second-order valence-corrected chi connectivity index (χ2v) is 8.49. The van der Waals surface area contributed by atoms with Crippen molar-refractivity contribution in [2.75, 3.05) is 25.1 Å². The molecule has 0 radical (unpaired) electrons. The molecule has 0 aliphatic carbocycles. The summed E-state index contributed by atoms with van der Waals surface area (Å²) in [5.41, 5.74) is 1.94. The highest BCUT2D eigenvalue weighted by molar-refractivity contribution is 9.10. The number of nitrogens with one attached hydrogen (secondary N) is 1. The fourth-order valence-electron chi connectivity index (χ4n) is 3.89. The number of halogens is 1. The van der Waals surface area contributed by atoms with Crippen molar-refractivity contribution in [1.29, 1.82) is 0 Å². The van der Waals surface area contributed by atoms with Crippen molar-refractivity contribution in [3.63, 3.8) is 0 Å². The van der Waals surface area contributed by atoms with E-state index < -0.39 is 11.4 Å². The molecule has 1 amide bonds. The maximum absolute atomic E-state index is 13.5. The van der Waals surface area contributed by atoms with Crippen LogP contribution in [0, 0.1) is 0 Å². The minimum atomic E-state index is -0.655. The maximum Gasteiger partial charge on any atom is 0.358 e. The lowest BCUT2D eigenvalue weighted by molar-refractivity contribution is -0.125. The van der Waals surface area contributed by atoms with E-state index in [9.17, 15) is 9.59 Å². The zero-order chi connectivity index (χ0) is 22.6. The highest BCUT2D eigenvalue weighted by Crippen LogP contribution is 2.37. The molecule has 1 saturated heterocycles. The Labute approximate surface area is 194 Å². The zero-order valence-electron chi connectivity index (χ0n) is 17.7. The van der Waals surface area contributed by atoms with Crippen LogP contribution in [0.5, 0.6) is 0 Å². The molecule has 0 spiro atoms. The van der Waals surface area contributed by atoms with E-state index in [2.05, 4.69) is 26.3 Å². The molecule has 0 atom stereocenters. The Morgan fingerprint density at radius 3 is 2.62 bits per heavy atom. The summed E-state index contributed by atoms with van der Waals surface area (Å²) in [7, 11) is 0. The van der Waals surface area contributed by atoms with E-state index in [1.54, 1.807) is 23.9 Å². The summed E-state index contributed by atoms with van der Waals surface area (Å²) >= 11 is 3.46. The van der Waals surface area contributed by atoms with E-state index in [0.29, 0.717) is 38.3 Å². The second kappa shape index (κ2) is 9.67. The third-order valence-electron chi connectivity index (χ3n) is 5.62. The summed E-state index contributed by atoms with van der Waals surface area (Å²) in [5.74, 6) is -0.528. The summed E-state index contributed by atoms with van der Waals surface area (Å²) in [4.78, 5) is 25.4. The first-order valence-electron chi connectivity index (χ1n) is 10.5. The molecule has 3 aromatic rings. The Morgan fingerprint density at radius 2 is 1.91 bits per heavy atom. The first kappa shape index (κ1) is 22.2. The number of nitrogens with zero attached hydrogens (tertiary/aromatic N) is 2. The van der Waals surface area contributed by atoms with E-state index in [-0.39, 0.29) is 11.6 Å². The molecule has 32 heavy (non-hydrogen) atoms. The molecule has 1 fully saturated rings. The second-order valence-electron chi connectivity index (χ2n) is 7.57. The first-order chi connectivity index (χ1) is 15.5. The quantitative estimate of drug-likeness (QED) is 0.507. The number of hydrogen-bond donors (Lipinski definition) is 1. The molecule has 1 aliphatic rings. The molecule has 166 valence electrons. The summed E-state index contributed by atoms with van der Waals surface area (Å²) in [6.45, 7) is 3.11. The number of benzene rings is 2. The predicted molar refractivity (Wildman–Crippen MR) is 124 cm³/mol. The van der Waals surface area contributed by atoms with Crippen LogP contribution >= 0.6 is 15.9 Å². The van der Waals surface area contributed by atoms with Crippen molar-refractivity contribution in [1.82, 2.24) is 9.78 Å². The minimum Gasteiger partial charge on any atom is -0.461 e. The molecule has 1 N–H and O–H groups in total. The van der Waals surface area contributed by atoms with Gasteiger partial charge in [-0.1, -0.05) is 34.1 Å².